The van der Waals surface area contributed by atoms with Gasteiger partial charge in [0, 0.05) is 23.4 Å². The van der Waals surface area contributed by atoms with E-state index < -0.39 is 0 Å². The van der Waals surface area contributed by atoms with E-state index in [9.17, 15) is 0 Å². The Morgan fingerprint density at radius 1 is 1.27 bits per heavy atom. The first-order valence-corrected chi connectivity index (χ1v) is 5.54. The summed E-state index contributed by atoms with van der Waals surface area (Å²) >= 11 is 0. The van der Waals surface area contributed by atoms with Gasteiger partial charge in [-0.15, -0.1) is 0 Å². The summed E-state index contributed by atoms with van der Waals surface area (Å²) in [5.74, 6) is 7.40. The lowest BCUT2D eigenvalue weighted by Gasteiger charge is -2.03. The van der Waals surface area contributed by atoms with E-state index in [0.717, 1.165) is 17.7 Å². The van der Waals surface area contributed by atoms with Crippen LogP contribution >= 0.6 is 0 Å². The van der Waals surface area contributed by atoms with E-state index in [0.29, 0.717) is 11.8 Å². The molecule has 0 fully saturated rings. The topological polar surface area (TPSA) is 12.9 Å². The van der Waals surface area contributed by atoms with Gasteiger partial charge < -0.3 is 0 Å². The third kappa shape index (κ3) is 4.65. The molecule has 0 aromatic carbocycles. The van der Waals surface area contributed by atoms with Crippen molar-refractivity contribution < 1.29 is 0 Å². The van der Waals surface area contributed by atoms with E-state index in [2.05, 4.69) is 50.6 Å². The van der Waals surface area contributed by atoms with Crippen LogP contribution in [0.25, 0.3) is 0 Å². The summed E-state index contributed by atoms with van der Waals surface area (Å²) in [7, 11) is 0. The molecule has 80 valence electrons. The van der Waals surface area contributed by atoms with Gasteiger partial charge in [0.25, 0.3) is 0 Å². The molecule has 0 saturated carbocycles. The van der Waals surface area contributed by atoms with Crippen molar-refractivity contribution in [3.8, 4) is 11.8 Å². The third-order valence-electron chi connectivity index (χ3n) is 1.94. The molecule has 0 unspecified atom stereocenters. The number of aromatic nitrogens is 1. The van der Waals surface area contributed by atoms with E-state index in [1.165, 1.54) is 0 Å². The zero-order valence-electron chi connectivity index (χ0n) is 10.0. The van der Waals surface area contributed by atoms with Crippen LogP contribution in [0.1, 0.15) is 39.0 Å². The molecule has 0 spiro atoms. The van der Waals surface area contributed by atoms with E-state index in [-0.39, 0.29) is 0 Å². The van der Waals surface area contributed by atoms with Crippen LogP contribution in [0.15, 0.2) is 18.3 Å². The van der Waals surface area contributed by atoms with Gasteiger partial charge >= 0.3 is 0 Å². The summed E-state index contributed by atoms with van der Waals surface area (Å²) < 4.78 is 0. The Morgan fingerprint density at radius 2 is 2.00 bits per heavy atom. The quantitative estimate of drug-likeness (QED) is 0.669. The highest BCUT2D eigenvalue weighted by Crippen LogP contribution is 2.07. The summed E-state index contributed by atoms with van der Waals surface area (Å²) in [6.07, 6.45) is 2.87. The average molecular weight is 201 g/mol. The molecule has 1 nitrogen and oxygen atoms in total. The number of nitrogens with zero attached hydrogens (tertiary/aromatic N) is 1. The Labute approximate surface area is 92.9 Å². The van der Waals surface area contributed by atoms with Crippen LogP contribution in [0.2, 0.25) is 0 Å². The van der Waals surface area contributed by atoms with Gasteiger partial charge in [0.05, 0.1) is 0 Å². The van der Waals surface area contributed by atoms with Crippen LogP contribution in [0.5, 0.6) is 0 Å². The molecule has 0 bridgehead atoms. The number of hydrogen-bond donors (Lipinski definition) is 0. The second-order valence-electron chi connectivity index (χ2n) is 4.56. The van der Waals surface area contributed by atoms with Crippen LogP contribution in [0.3, 0.4) is 0 Å². The third-order valence-corrected chi connectivity index (χ3v) is 1.94. The van der Waals surface area contributed by atoms with Crippen molar-refractivity contribution in [1.29, 1.82) is 0 Å². The van der Waals surface area contributed by atoms with Gasteiger partial charge in [0.1, 0.15) is 0 Å². The van der Waals surface area contributed by atoms with E-state index in [1.54, 1.807) is 0 Å². The minimum atomic E-state index is 0.423. The van der Waals surface area contributed by atoms with Gasteiger partial charge in [-0.25, -0.2) is 0 Å². The SMILES string of the molecule is CC(C)C#Cc1ccnc(CC(C)C)c1. The second-order valence-corrected chi connectivity index (χ2v) is 4.56. The van der Waals surface area contributed by atoms with Crippen LogP contribution < -0.4 is 0 Å². The fourth-order valence-corrected chi connectivity index (χ4v) is 1.31. The van der Waals surface area contributed by atoms with E-state index in [4.69, 9.17) is 0 Å². The molecule has 0 aliphatic carbocycles. The summed E-state index contributed by atoms with van der Waals surface area (Å²) in [6.45, 7) is 8.61. The Hall–Kier alpha value is -1.29. The highest BCUT2D eigenvalue weighted by Gasteiger charge is 1.99. The summed E-state index contributed by atoms with van der Waals surface area (Å²) in [5, 5.41) is 0. The van der Waals surface area contributed by atoms with Gasteiger partial charge in [-0.2, -0.15) is 0 Å². The summed E-state index contributed by atoms with van der Waals surface area (Å²) in [4.78, 5) is 4.34. The zero-order chi connectivity index (χ0) is 11.3. The van der Waals surface area contributed by atoms with Gasteiger partial charge in [0.15, 0.2) is 0 Å². The summed E-state index contributed by atoms with van der Waals surface area (Å²) in [5.41, 5.74) is 2.22. The first-order valence-electron chi connectivity index (χ1n) is 5.54. The molecule has 1 aromatic rings. The molecule has 0 aliphatic rings. The lowest BCUT2D eigenvalue weighted by molar-refractivity contribution is 0.635. The maximum atomic E-state index is 4.34. The Bertz CT molecular complexity index is 366. The molecule has 0 amide bonds. The van der Waals surface area contributed by atoms with Crippen molar-refractivity contribution in [2.45, 2.75) is 34.1 Å². The Balaban J connectivity index is 2.80. The van der Waals surface area contributed by atoms with Gasteiger partial charge in [-0.05, 0) is 24.5 Å². The molecule has 0 atom stereocenters. The lowest BCUT2D eigenvalue weighted by atomic mass is 10.1. The average Bonchev–Trinajstić information content (AvgIpc) is 2.14. The maximum absolute atomic E-state index is 4.34. The molecule has 1 heteroatoms. The smallest absolute Gasteiger partial charge is 0.0418 e. The monoisotopic (exact) mass is 201 g/mol. The largest absolute Gasteiger partial charge is 0.261 e. The molecular weight excluding hydrogens is 182 g/mol. The van der Waals surface area contributed by atoms with Crippen molar-refractivity contribution in [2.75, 3.05) is 0 Å². The molecule has 1 heterocycles. The molecule has 15 heavy (non-hydrogen) atoms. The molecule has 1 rings (SSSR count). The maximum Gasteiger partial charge on any atom is 0.0418 e. The van der Waals surface area contributed by atoms with Crippen LogP contribution in [-0.4, -0.2) is 4.98 Å². The minimum absolute atomic E-state index is 0.423. The fourth-order valence-electron chi connectivity index (χ4n) is 1.31. The van der Waals surface area contributed by atoms with Crippen LogP contribution in [0.4, 0.5) is 0 Å². The van der Waals surface area contributed by atoms with Crippen molar-refractivity contribution in [2.24, 2.45) is 11.8 Å². The Morgan fingerprint density at radius 3 is 2.60 bits per heavy atom. The van der Waals surface area contributed by atoms with Crippen LogP contribution in [0, 0.1) is 23.7 Å². The molecule has 0 N–H and O–H groups in total. The molecule has 0 saturated heterocycles. The summed E-state index contributed by atoms with van der Waals surface area (Å²) in [6, 6.07) is 4.06. The first kappa shape index (κ1) is 11.8. The Kier molecular flexibility index (Phi) is 4.37. The number of pyridine rings is 1. The molecule has 0 aliphatic heterocycles. The normalized spacial score (nSPS) is 10.3. The van der Waals surface area contributed by atoms with Crippen molar-refractivity contribution in [1.82, 2.24) is 4.98 Å². The predicted molar refractivity (Wildman–Crippen MR) is 64.5 cm³/mol. The number of rotatable bonds is 2. The van der Waals surface area contributed by atoms with Gasteiger partial charge in [-0.1, -0.05) is 39.5 Å². The van der Waals surface area contributed by atoms with E-state index >= 15 is 0 Å². The number of hydrogen-bond acceptors (Lipinski definition) is 1. The lowest BCUT2D eigenvalue weighted by Crippen LogP contribution is -1.97. The highest BCUT2D eigenvalue weighted by atomic mass is 14.7. The second kappa shape index (κ2) is 5.56. The molecular formula is C14H19N. The van der Waals surface area contributed by atoms with Crippen molar-refractivity contribution in [3.05, 3.63) is 29.6 Å². The van der Waals surface area contributed by atoms with E-state index in [1.807, 2.05) is 12.3 Å². The standard InChI is InChI=1S/C14H19N/c1-11(2)5-6-13-7-8-15-14(10-13)9-12(3)4/h7-8,10-12H,9H2,1-4H3. The molecule has 0 radical (unpaired) electrons. The molecule has 1 aromatic heterocycles. The minimum Gasteiger partial charge on any atom is -0.261 e. The van der Waals surface area contributed by atoms with Crippen molar-refractivity contribution in [3.63, 3.8) is 0 Å². The van der Waals surface area contributed by atoms with Gasteiger partial charge in [0.2, 0.25) is 0 Å². The van der Waals surface area contributed by atoms with Gasteiger partial charge in [-0.3, -0.25) is 4.98 Å². The first-order chi connectivity index (χ1) is 7.08. The highest BCUT2D eigenvalue weighted by molar-refractivity contribution is 5.34. The zero-order valence-corrected chi connectivity index (χ0v) is 10.0. The fraction of sp³-hybridized carbons (Fsp3) is 0.500. The predicted octanol–water partition coefficient (Wildman–Crippen LogP) is 3.29. The van der Waals surface area contributed by atoms with Crippen molar-refractivity contribution >= 4 is 0 Å². The van der Waals surface area contributed by atoms with Crippen LogP contribution in [-0.2, 0) is 6.42 Å².